The number of hydrogen-bond acceptors (Lipinski definition) is 2. The molecule has 2 aromatic heterocycles. The van der Waals surface area contributed by atoms with Crippen molar-refractivity contribution in [1.82, 2.24) is 9.97 Å². The molecule has 0 aliphatic carbocycles. The normalized spacial score (nSPS) is 11.4. The van der Waals surface area contributed by atoms with Crippen LogP contribution in [0.4, 0.5) is 0 Å². The molecule has 0 saturated carbocycles. The Bertz CT molecular complexity index is 1210. The Labute approximate surface area is 173 Å². The molecule has 146 valence electrons. The summed E-state index contributed by atoms with van der Waals surface area (Å²) >= 11 is 0. The third-order valence-corrected chi connectivity index (χ3v) is 5.80. The lowest BCUT2D eigenvalue weighted by Crippen LogP contribution is -2.32. The fraction of sp³-hybridized carbons (Fsp3) is 0.269. The van der Waals surface area contributed by atoms with Crippen LogP contribution in [-0.2, 0) is 7.05 Å². The summed E-state index contributed by atoms with van der Waals surface area (Å²) in [5.74, 6) is 0.473. The molecule has 29 heavy (non-hydrogen) atoms. The second-order valence-electron chi connectivity index (χ2n) is 8.29. The second kappa shape index (κ2) is 7.40. The molecule has 0 amide bonds. The minimum atomic E-state index is 0.473. The van der Waals surface area contributed by atoms with Gasteiger partial charge in [-0.05, 0) is 72.6 Å². The monoisotopic (exact) mass is 382 g/mol. The van der Waals surface area contributed by atoms with Gasteiger partial charge in [0.1, 0.15) is 5.69 Å². The number of rotatable bonds is 3. The van der Waals surface area contributed by atoms with Gasteiger partial charge in [-0.1, -0.05) is 37.6 Å². The van der Waals surface area contributed by atoms with E-state index < -0.39 is 0 Å². The van der Waals surface area contributed by atoms with Crippen LogP contribution in [0.2, 0.25) is 0 Å². The molecule has 0 N–H and O–H groups in total. The highest BCUT2D eigenvalue weighted by Gasteiger charge is 2.20. The highest BCUT2D eigenvalue weighted by atomic mass is 15.0. The molecule has 3 heteroatoms. The van der Waals surface area contributed by atoms with Crippen molar-refractivity contribution >= 4 is 10.9 Å². The van der Waals surface area contributed by atoms with Crippen LogP contribution in [0.15, 0.2) is 55.0 Å². The molecule has 0 fully saturated rings. The van der Waals surface area contributed by atoms with Crippen LogP contribution in [0.3, 0.4) is 0 Å². The number of fused-ring (bicyclic) bond motifs is 1. The van der Waals surface area contributed by atoms with E-state index in [9.17, 15) is 0 Å². The van der Waals surface area contributed by atoms with E-state index in [0.29, 0.717) is 5.92 Å². The van der Waals surface area contributed by atoms with Gasteiger partial charge in [-0.15, -0.1) is 0 Å². The first-order valence-electron chi connectivity index (χ1n) is 10.2. The maximum Gasteiger partial charge on any atom is 0.287 e. The molecule has 4 rings (SSSR count). The van der Waals surface area contributed by atoms with Crippen molar-refractivity contribution in [3.8, 4) is 22.5 Å². The topological polar surface area (TPSA) is 29.7 Å². The molecule has 2 heterocycles. The van der Waals surface area contributed by atoms with Crippen molar-refractivity contribution in [3.05, 3.63) is 77.2 Å². The second-order valence-corrected chi connectivity index (χ2v) is 8.29. The van der Waals surface area contributed by atoms with E-state index >= 15 is 0 Å². The summed E-state index contributed by atoms with van der Waals surface area (Å²) in [7, 11) is 2.07. The van der Waals surface area contributed by atoms with Gasteiger partial charge in [-0.2, -0.15) is 0 Å². The van der Waals surface area contributed by atoms with Crippen LogP contribution in [-0.4, -0.2) is 9.97 Å². The Balaban J connectivity index is 1.98. The Kier molecular flexibility index (Phi) is 4.91. The molecule has 3 nitrogen and oxygen atoms in total. The van der Waals surface area contributed by atoms with E-state index in [2.05, 4.69) is 88.7 Å². The number of para-hydroxylation sites is 1. The van der Waals surface area contributed by atoms with E-state index in [-0.39, 0.29) is 0 Å². The minimum absolute atomic E-state index is 0.473. The Morgan fingerprint density at radius 2 is 1.69 bits per heavy atom. The molecule has 0 saturated heterocycles. The molecule has 0 atom stereocenters. The molecule has 4 aromatic rings. The predicted octanol–water partition coefficient (Wildman–Crippen LogP) is 5.84. The molecule has 0 radical (unpaired) electrons. The van der Waals surface area contributed by atoms with Crippen LogP contribution < -0.4 is 4.57 Å². The van der Waals surface area contributed by atoms with Crippen molar-refractivity contribution in [2.24, 2.45) is 7.05 Å². The molecule has 0 aliphatic rings. The van der Waals surface area contributed by atoms with Gasteiger partial charge < -0.3 is 0 Å². The summed E-state index contributed by atoms with van der Waals surface area (Å²) in [6.07, 6.45) is 3.90. The fourth-order valence-electron chi connectivity index (χ4n) is 4.00. The SMILES string of the molecule is Cc1cc(C)c(C)c(-c2c3cccc(-c4ccc(C(C)C)cn4)c3nc[n+]2C)c1. The Morgan fingerprint density at radius 1 is 0.897 bits per heavy atom. The predicted molar refractivity (Wildman–Crippen MR) is 120 cm³/mol. The number of aryl methyl sites for hydroxylation is 3. The molecule has 0 aliphatic heterocycles. The number of benzene rings is 2. The van der Waals surface area contributed by atoms with Crippen LogP contribution in [0.25, 0.3) is 33.4 Å². The summed E-state index contributed by atoms with van der Waals surface area (Å²) in [5.41, 5.74) is 10.6. The van der Waals surface area contributed by atoms with E-state index in [4.69, 9.17) is 9.97 Å². The van der Waals surface area contributed by atoms with Gasteiger partial charge in [0.2, 0.25) is 0 Å². The molecular weight excluding hydrogens is 354 g/mol. The number of pyridine rings is 1. The van der Waals surface area contributed by atoms with E-state index in [1.807, 2.05) is 12.5 Å². The van der Waals surface area contributed by atoms with E-state index in [1.165, 1.54) is 33.5 Å². The average Bonchev–Trinajstić information content (AvgIpc) is 2.70. The first kappa shape index (κ1) is 19.3. The summed E-state index contributed by atoms with van der Waals surface area (Å²) in [5, 5.41) is 1.15. The first-order valence-corrected chi connectivity index (χ1v) is 10.2. The zero-order valence-corrected chi connectivity index (χ0v) is 18.1. The van der Waals surface area contributed by atoms with Crippen LogP contribution in [0, 0.1) is 20.8 Å². The molecule has 2 aromatic carbocycles. The standard InChI is InChI=1S/C26H28N3/c1-16(2)20-10-11-24(27-14-20)21-8-7-9-22-25(21)28-15-29(6)26(22)23-13-17(3)12-18(4)19(23)5/h7-16H,1-6H3/q+1. The number of hydrogen-bond donors (Lipinski definition) is 0. The third-order valence-electron chi connectivity index (χ3n) is 5.80. The largest absolute Gasteiger partial charge is 0.287 e. The maximum atomic E-state index is 4.80. The van der Waals surface area contributed by atoms with Gasteiger partial charge in [-0.25, -0.2) is 4.57 Å². The summed E-state index contributed by atoms with van der Waals surface area (Å²) < 4.78 is 2.13. The fourth-order valence-corrected chi connectivity index (χ4v) is 4.00. The average molecular weight is 383 g/mol. The summed E-state index contributed by atoms with van der Waals surface area (Å²) in [4.78, 5) is 9.54. The van der Waals surface area contributed by atoms with Crippen LogP contribution >= 0.6 is 0 Å². The smallest absolute Gasteiger partial charge is 0.256 e. The van der Waals surface area contributed by atoms with Gasteiger partial charge in [-0.3, -0.25) is 4.98 Å². The molecule has 0 spiro atoms. The first-order chi connectivity index (χ1) is 13.9. The molecule has 0 unspecified atom stereocenters. The lowest BCUT2D eigenvalue weighted by atomic mass is 9.94. The molecular formula is C26H28N3+. The zero-order chi connectivity index (χ0) is 20.7. The van der Waals surface area contributed by atoms with Crippen LogP contribution in [0.5, 0.6) is 0 Å². The highest BCUT2D eigenvalue weighted by molar-refractivity contribution is 5.99. The van der Waals surface area contributed by atoms with Crippen molar-refractivity contribution in [1.29, 1.82) is 0 Å². The van der Waals surface area contributed by atoms with Crippen molar-refractivity contribution in [3.63, 3.8) is 0 Å². The van der Waals surface area contributed by atoms with E-state index in [0.717, 1.165) is 22.2 Å². The maximum absolute atomic E-state index is 4.80. The lowest BCUT2D eigenvalue weighted by molar-refractivity contribution is -0.662. The van der Waals surface area contributed by atoms with Crippen molar-refractivity contribution in [2.45, 2.75) is 40.5 Å². The van der Waals surface area contributed by atoms with Crippen molar-refractivity contribution < 1.29 is 4.57 Å². The van der Waals surface area contributed by atoms with Gasteiger partial charge in [0.05, 0.1) is 23.7 Å². The van der Waals surface area contributed by atoms with Gasteiger partial charge in [0.25, 0.3) is 6.33 Å². The number of nitrogens with zero attached hydrogens (tertiary/aromatic N) is 3. The molecule has 0 bridgehead atoms. The van der Waals surface area contributed by atoms with Gasteiger partial charge in [0, 0.05) is 11.8 Å². The van der Waals surface area contributed by atoms with Gasteiger partial charge in [0.15, 0.2) is 5.52 Å². The minimum Gasteiger partial charge on any atom is -0.256 e. The van der Waals surface area contributed by atoms with Crippen molar-refractivity contribution in [2.75, 3.05) is 0 Å². The zero-order valence-electron chi connectivity index (χ0n) is 18.1. The van der Waals surface area contributed by atoms with E-state index in [1.54, 1.807) is 0 Å². The number of aromatic nitrogens is 3. The lowest BCUT2D eigenvalue weighted by Gasteiger charge is -2.13. The summed E-state index contributed by atoms with van der Waals surface area (Å²) in [6, 6.07) is 15.2. The Hall–Kier alpha value is -3.07. The third kappa shape index (κ3) is 3.42. The quantitative estimate of drug-likeness (QED) is 0.417. The van der Waals surface area contributed by atoms with Gasteiger partial charge >= 0.3 is 0 Å². The summed E-state index contributed by atoms with van der Waals surface area (Å²) in [6.45, 7) is 10.9. The van der Waals surface area contributed by atoms with Crippen LogP contribution in [0.1, 0.15) is 42.0 Å². The Morgan fingerprint density at radius 3 is 2.38 bits per heavy atom. The highest BCUT2D eigenvalue weighted by Crippen LogP contribution is 2.33.